The molecule has 0 amide bonds. The van der Waals surface area contributed by atoms with Crippen molar-refractivity contribution in [1.82, 2.24) is 9.78 Å². The van der Waals surface area contributed by atoms with Crippen LogP contribution in [0.2, 0.25) is 5.02 Å². The SMILES string of the molecule is CCCn1nc(OP(C)(=O)OC)c(Cl)c1SC(C)C. The molecule has 5 nitrogen and oxygen atoms in total. The van der Waals surface area contributed by atoms with E-state index in [2.05, 4.69) is 25.9 Å². The quantitative estimate of drug-likeness (QED) is 0.552. The van der Waals surface area contributed by atoms with Crippen molar-refractivity contribution in [2.24, 2.45) is 0 Å². The Kier molecular flexibility index (Phi) is 6.24. The summed E-state index contributed by atoms with van der Waals surface area (Å²) in [5.74, 6) is 0.172. The second kappa shape index (κ2) is 7.02. The van der Waals surface area contributed by atoms with Gasteiger partial charge in [-0.1, -0.05) is 32.4 Å². The molecule has 0 saturated heterocycles. The van der Waals surface area contributed by atoms with Gasteiger partial charge in [-0.05, 0) is 6.42 Å². The van der Waals surface area contributed by atoms with Gasteiger partial charge in [-0.2, -0.15) is 0 Å². The summed E-state index contributed by atoms with van der Waals surface area (Å²) in [5.41, 5.74) is 0. The largest absolute Gasteiger partial charge is 0.403 e. The molecule has 0 spiro atoms. The Bertz CT molecular complexity index is 479. The van der Waals surface area contributed by atoms with Crippen LogP contribution in [0.3, 0.4) is 0 Å². The van der Waals surface area contributed by atoms with Gasteiger partial charge in [0.25, 0.3) is 5.88 Å². The highest BCUT2D eigenvalue weighted by Crippen LogP contribution is 2.47. The van der Waals surface area contributed by atoms with Crippen molar-refractivity contribution in [3.05, 3.63) is 5.02 Å². The lowest BCUT2D eigenvalue weighted by Crippen LogP contribution is -2.02. The van der Waals surface area contributed by atoms with Crippen LogP contribution in [0.5, 0.6) is 5.88 Å². The summed E-state index contributed by atoms with van der Waals surface area (Å²) in [6.07, 6.45) is 0.928. The highest BCUT2D eigenvalue weighted by atomic mass is 35.5. The molecule has 0 aliphatic rings. The van der Waals surface area contributed by atoms with Crippen LogP contribution in [0.25, 0.3) is 0 Å². The zero-order valence-electron chi connectivity index (χ0n) is 11.8. The van der Waals surface area contributed by atoms with Crippen LogP contribution in [-0.4, -0.2) is 28.8 Å². The molecule has 0 N–H and O–H groups in total. The molecule has 1 atom stereocenters. The van der Waals surface area contributed by atoms with Gasteiger partial charge in [-0.3, -0.25) is 4.68 Å². The number of aromatic nitrogens is 2. The Labute approximate surface area is 123 Å². The van der Waals surface area contributed by atoms with Gasteiger partial charge in [0.05, 0.1) is 0 Å². The number of hydrogen-bond donors (Lipinski definition) is 0. The highest BCUT2D eigenvalue weighted by molar-refractivity contribution is 7.99. The summed E-state index contributed by atoms with van der Waals surface area (Å²) in [7, 11) is -1.82. The van der Waals surface area contributed by atoms with Gasteiger partial charge < -0.3 is 9.05 Å². The maximum absolute atomic E-state index is 11.8. The zero-order valence-corrected chi connectivity index (χ0v) is 14.3. The molecule has 19 heavy (non-hydrogen) atoms. The van der Waals surface area contributed by atoms with E-state index in [1.165, 1.54) is 13.8 Å². The van der Waals surface area contributed by atoms with Crippen molar-refractivity contribution >= 4 is 31.0 Å². The summed E-state index contributed by atoms with van der Waals surface area (Å²) in [6.45, 7) is 8.33. The Morgan fingerprint density at radius 3 is 2.63 bits per heavy atom. The van der Waals surface area contributed by atoms with Gasteiger partial charge in [0, 0.05) is 25.6 Å². The van der Waals surface area contributed by atoms with Crippen LogP contribution in [0.15, 0.2) is 5.03 Å². The molecule has 1 unspecified atom stereocenters. The fourth-order valence-electron chi connectivity index (χ4n) is 1.36. The molecule has 0 aliphatic carbocycles. The van der Waals surface area contributed by atoms with Crippen LogP contribution in [0.1, 0.15) is 27.2 Å². The number of nitrogens with zero attached hydrogens (tertiary/aromatic N) is 2. The van der Waals surface area contributed by atoms with Crippen LogP contribution in [0, 0.1) is 0 Å². The average molecular weight is 327 g/mol. The molecule has 110 valence electrons. The highest BCUT2D eigenvalue weighted by Gasteiger charge is 2.25. The maximum atomic E-state index is 11.8. The minimum Gasteiger partial charge on any atom is -0.403 e. The lowest BCUT2D eigenvalue weighted by atomic mass is 10.5. The molecule has 0 saturated carbocycles. The topological polar surface area (TPSA) is 53.4 Å². The van der Waals surface area contributed by atoms with Crippen LogP contribution < -0.4 is 4.52 Å². The summed E-state index contributed by atoms with van der Waals surface area (Å²) in [6, 6.07) is 0. The monoisotopic (exact) mass is 326 g/mol. The molecule has 0 radical (unpaired) electrons. The smallest absolute Gasteiger partial charge is 0.377 e. The molecule has 1 rings (SSSR count). The van der Waals surface area contributed by atoms with Gasteiger partial charge in [0.1, 0.15) is 10.0 Å². The fourth-order valence-corrected chi connectivity index (χ4v) is 3.12. The van der Waals surface area contributed by atoms with Crippen molar-refractivity contribution in [1.29, 1.82) is 0 Å². The normalized spacial score (nSPS) is 14.7. The molecule has 0 aromatic carbocycles. The molecule has 1 aromatic heterocycles. The average Bonchev–Trinajstić information content (AvgIpc) is 2.57. The van der Waals surface area contributed by atoms with Crippen LogP contribution >= 0.6 is 31.0 Å². The molecule has 1 heterocycles. The third-order valence-electron chi connectivity index (χ3n) is 2.19. The van der Waals surface area contributed by atoms with E-state index in [1.807, 2.05) is 0 Å². The first-order valence-corrected chi connectivity index (χ1v) is 9.31. The molecular formula is C11H20ClN2O3PS. The number of thioether (sulfide) groups is 1. The first kappa shape index (κ1) is 16.9. The lowest BCUT2D eigenvalue weighted by Gasteiger charge is -2.10. The molecule has 1 aromatic rings. The maximum Gasteiger partial charge on any atom is 0.377 e. The Balaban J connectivity index is 3.10. The van der Waals surface area contributed by atoms with Gasteiger partial charge in [-0.25, -0.2) is 4.57 Å². The third kappa shape index (κ3) is 4.71. The van der Waals surface area contributed by atoms with Gasteiger partial charge in [0.15, 0.2) is 0 Å². The van der Waals surface area contributed by atoms with Gasteiger partial charge in [-0.15, -0.1) is 16.9 Å². The van der Waals surface area contributed by atoms with E-state index in [1.54, 1.807) is 16.4 Å². The summed E-state index contributed by atoms with van der Waals surface area (Å²) in [4.78, 5) is 0. The van der Waals surface area contributed by atoms with Crippen LogP contribution in [0.4, 0.5) is 0 Å². The van der Waals surface area contributed by atoms with Gasteiger partial charge in [0.2, 0.25) is 0 Å². The standard InChI is InChI=1S/C11H20ClN2O3PS/c1-6-7-14-11(19-8(2)3)9(12)10(13-14)17-18(5,15)16-4/h8H,6-7H2,1-5H3. The predicted octanol–water partition coefficient (Wildman–Crippen LogP) is 4.30. The fraction of sp³-hybridized carbons (Fsp3) is 0.727. The minimum absolute atomic E-state index is 0.172. The Morgan fingerprint density at radius 2 is 2.16 bits per heavy atom. The molecule has 0 aliphatic heterocycles. The van der Waals surface area contributed by atoms with Crippen molar-refractivity contribution in [2.45, 2.75) is 44.0 Å². The third-order valence-corrected chi connectivity index (χ3v) is 4.92. The lowest BCUT2D eigenvalue weighted by molar-refractivity contribution is 0.323. The molecular weight excluding hydrogens is 307 g/mol. The van der Waals surface area contributed by atoms with Crippen LogP contribution in [-0.2, 0) is 15.6 Å². The van der Waals surface area contributed by atoms with Crippen molar-refractivity contribution in [3.8, 4) is 5.88 Å². The number of aryl methyl sites for hydroxylation is 1. The van der Waals surface area contributed by atoms with Gasteiger partial charge >= 0.3 is 7.60 Å². The van der Waals surface area contributed by atoms with E-state index in [4.69, 9.17) is 20.6 Å². The minimum atomic E-state index is -3.15. The Morgan fingerprint density at radius 1 is 1.53 bits per heavy atom. The molecule has 0 bridgehead atoms. The number of halogens is 1. The second-order valence-corrected chi connectivity index (χ2v) is 8.39. The number of hydrogen-bond acceptors (Lipinski definition) is 5. The number of rotatable bonds is 7. The first-order valence-electron chi connectivity index (χ1n) is 6.06. The Hall–Kier alpha value is -0.160. The first-order chi connectivity index (χ1) is 8.80. The van der Waals surface area contributed by atoms with E-state index < -0.39 is 7.60 Å². The van der Waals surface area contributed by atoms with Crippen molar-refractivity contribution < 1.29 is 13.6 Å². The molecule has 0 fully saturated rings. The van der Waals surface area contributed by atoms with E-state index in [0.29, 0.717) is 10.3 Å². The summed E-state index contributed by atoms with van der Waals surface area (Å²) < 4.78 is 23.7. The van der Waals surface area contributed by atoms with Crippen molar-refractivity contribution in [2.75, 3.05) is 13.8 Å². The van der Waals surface area contributed by atoms with E-state index in [0.717, 1.165) is 18.0 Å². The van der Waals surface area contributed by atoms with E-state index in [-0.39, 0.29) is 5.88 Å². The zero-order chi connectivity index (χ0) is 14.6. The van der Waals surface area contributed by atoms with E-state index >= 15 is 0 Å². The summed E-state index contributed by atoms with van der Waals surface area (Å²) in [5, 5.41) is 5.88. The second-order valence-electron chi connectivity index (χ2n) is 4.36. The predicted molar refractivity (Wildman–Crippen MR) is 79.7 cm³/mol. The summed E-state index contributed by atoms with van der Waals surface area (Å²) >= 11 is 7.87. The van der Waals surface area contributed by atoms with E-state index in [9.17, 15) is 4.57 Å². The van der Waals surface area contributed by atoms with Crippen molar-refractivity contribution in [3.63, 3.8) is 0 Å². The molecule has 8 heteroatoms.